The van der Waals surface area contributed by atoms with Crippen molar-refractivity contribution in [1.82, 2.24) is 25.1 Å². The summed E-state index contributed by atoms with van der Waals surface area (Å²) in [5.74, 6) is 0.326. The van der Waals surface area contributed by atoms with Crippen LogP contribution in [0.3, 0.4) is 0 Å². The number of anilines is 1. The van der Waals surface area contributed by atoms with Crippen molar-refractivity contribution in [1.29, 1.82) is 0 Å². The Morgan fingerprint density at radius 1 is 1.14 bits per heavy atom. The quantitative estimate of drug-likeness (QED) is 0.594. The first-order valence-corrected chi connectivity index (χ1v) is 9.56. The normalized spacial score (nSPS) is 10.5. The van der Waals surface area contributed by atoms with Gasteiger partial charge in [0.05, 0.1) is 12.3 Å². The van der Waals surface area contributed by atoms with E-state index in [-0.39, 0.29) is 24.1 Å². The van der Waals surface area contributed by atoms with E-state index in [0.717, 1.165) is 11.1 Å². The van der Waals surface area contributed by atoms with Crippen LogP contribution in [0.1, 0.15) is 5.56 Å². The van der Waals surface area contributed by atoms with E-state index in [4.69, 9.17) is 0 Å². The average molecular weight is 396 g/mol. The molecule has 2 heterocycles. The second-order valence-corrected chi connectivity index (χ2v) is 7.10. The molecule has 0 aliphatic rings. The lowest BCUT2D eigenvalue weighted by molar-refractivity contribution is -0.131. The van der Waals surface area contributed by atoms with E-state index < -0.39 is 0 Å². The molecule has 0 saturated heterocycles. The van der Waals surface area contributed by atoms with Crippen LogP contribution in [0.4, 0.5) is 5.69 Å². The molecule has 9 heteroatoms. The summed E-state index contributed by atoms with van der Waals surface area (Å²) in [6.07, 6.45) is 3.34. The second kappa shape index (κ2) is 9.14. The van der Waals surface area contributed by atoms with Gasteiger partial charge in [-0.25, -0.2) is 4.98 Å². The number of thioether (sulfide) groups is 1. The average Bonchev–Trinajstić information content (AvgIpc) is 3.17. The number of pyridine rings is 1. The Bertz CT molecular complexity index is 943. The Hall–Kier alpha value is -3.20. The highest BCUT2D eigenvalue weighted by atomic mass is 32.2. The van der Waals surface area contributed by atoms with Crippen LogP contribution in [0.5, 0.6) is 0 Å². The van der Waals surface area contributed by atoms with Gasteiger partial charge in [-0.15, -0.1) is 5.10 Å². The Labute approximate surface area is 166 Å². The Morgan fingerprint density at radius 2 is 1.86 bits per heavy atom. The molecule has 2 N–H and O–H groups in total. The fourth-order valence-electron chi connectivity index (χ4n) is 2.33. The number of H-pyrrole nitrogens is 1. The number of likely N-dealkylation sites (N-methyl/N-ethyl adjacent to an activating group) is 1. The van der Waals surface area contributed by atoms with Crippen LogP contribution in [-0.2, 0) is 9.59 Å². The summed E-state index contributed by atoms with van der Waals surface area (Å²) in [5, 5.41) is 10.2. The third kappa shape index (κ3) is 5.40. The predicted octanol–water partition coefficient (Wildman–Crippen LogP) is 2.36. The summed E-state index contributed by atoms with van der Waals surface area (Å²) in [6.45, 7) is 1.95. The summed E-state index contributed by atoms with van der Waals surface area (Å²) in [5.41, 5.74) is 2.68. The summed E-state index contributed by atoms with van der Waals surface area (Å²) in [7, 11) is 1.60. The number of aromatic nitrogens is 4. The fraction of sp³-hybridized carbons (Fsp3) is 0.211. The van der Waals surface area contributed by atoms with Crippen molar-refractivity contribution in [2.24, 2.45) is 0 Å². The van der Waals surface area contributed by atoms with Crippen LogP contribution in [0.15, 0.2) is 53.9 Å². The largest absolute Gasteiger partial charge is 0.336 e. The molecule has 0 unspecified atom stereocenters. The Kier molecular flexibility index (Phi) is 6.38. The molecule has 28 heavy (non-hydrogen) atoms. The van der Waals surface area contributed by atoms with Gasteiger partial charge in [-0.1, -0.05) is 29.5 Å². The van der Waals surface area contributed by atoms with Gasteiger partial charge >= 0.3 is 0 Å². The smallest absolute Gasteiger partial charge is 0.243 e. The number of benzene rings is 1. The lowest BCUT2D eigenvalue weighted by atomic mass is 10.2. The highest BCUT2D eigenvalue weighted by Crippen LogP contribution is 2.18. The molecular formula is C19H20N6O2S. The molecular weight excluding hydrogens is 376 g/mol. The van der Waals surface area contributed by atoms with Crippen LogP contribution < -0.4 is 5.32 Å². The molecule has 3 rings (SSSR count). The van der Waals surface area contributed by atoms with Gasteiger partial charge in [0.25, 0.3) is 0 Å². The zero-order valence-electron chi connectivity index (χ0n) is 15.5. The minimum absolute atomic E-state index is 0.0243. The zero-order chi connectivity index (χ0) is 19.9. The second-order valence-electron chi connectivity index (χ2n) is 6.16. The zero-order valence-corrected chi connectivity index (χ0v) is 16.4. The SMILES string of the molecule is Cc1ccc(NC(=O)CN(C)C(=O)CSc2n[nH]c(-c3ccncc3)n2)cc1. The molecule has 0 bridgehead atoms. The first-order chi connectivity index (χ1) is 13.5. The van der Waals surface area contributed by atoms with Gasteiger partial charge < -0.3 is 10.2 Å². The minimum atomic E-state index is -0.248. The third-order valence-electron chi connectivity index (χ3n) is 3.89. The molecule has 0 atom stereocenters. The third-order valence-corrected chi connectivity index (χ3v) is 4.72. The van der Waals surface area contributed by atoms with Crippen molar-refractivity contribution < 1.29 is 9.59 Å². The van der Waals surface area contributed by atoms with Crippen LogP contribution >= 0.6 is 11.8 Å². The number of nitrogens with one attached hydrogen (secondary N) is 2. The summed E-state index contributed by atoms with van der Waals surface area (Å²) < 4.78 is 0. The van der Waals surface area contributed by atoms with Gasteiger partial charge in [0.15, 0.2) is 5.82 Å². The highest BCUT2D eigenvalue weighted by Gasteiger charge is 2.15. The number of aryl methyl sites for hydroxylation is 1. The molecule has 0 saturated carbocycles. The van der Waals surface area contributed by atoms with Crippen molar-refractivity contribution in [2.75, 3.05) is 24.7 Å². The van der Waals surface area contributed by atoms with Crippen LogP contribution in [0.25, 0.3) is 11.4 Å². The topological polar surface area (TPSA) is 104 Å². The number of aromatic amines is 1. The van der Waals surface area contributed by atoms with E-state index in [2.05, 4.69) is 25.5 Å². The molecule has 0 spiro atoms. The van der Waals surface area contributed by atoms with Crippen LogP contribution in [0.2, 0.25) is 0 Å². The lowest BCUT2D eigenvalue weighted by Gasteiger charge is -2.16. The van der Waals surface area contributed by atoms with E-state index in [0.29, 0.717) is 16.7 Å². The van der Waals surface area contributed by atoms with Crippen molar-refractivity contribution in [3.63, 3.8) is 0 Å². The molecule has 0 fully saturated rings. The maximum Gasteiger partial charge on any atom is 0.243 e. The molecule has 0 aliphatic carbocycles. The van der Waals surface area contributed by atoms with Crippen molar-refractivity contribution in [3.8, 4) is 11.4 Å². The molecule has 0 aliphatic heterocycles. The minimum Gasteiger partial charge on any atom is -0.336 e. The Balaban J connectivity index is 1.47. The van der Waals surface area contributed by atoms with Gasteiger partial charge in [0.1, 0.15) is 0 Å². The maximum atomic E-state index is 12.3. The summed E-state index contributed by atoms with van der Waals surface area (Å²) in [4.78, 5) is 34.1. The molecule has 1 aromatic carbocycles. The van der Waals surface area contributed by atoms with Gasteiger partial charge in [-0.3, -0.25) is 19.7 Å². The lowest BCUT2D eigenvalue weighted by Crippen LogP contribution is -2.35. The molecule has 144 valence electrons. The van der Waals surface area contributed by atoms with Crippen LogP contribution in [0, 0.1) is 6.92 Å². The van der Waals surface area contributed by atoms with Gasteiger partial charge in [0.2, 0.25) is 17.0 Å². The van der Waals surface area contributed by atoms with E-state index in [9.17, 15) is 9.59 Å². The maximum absolute atomic E-state index is 12.3. The van der Waals surface area contributed by atoms with Crippen molar-refractivity contribution in [2.45, 2.75) is 12.1 Å². The van der Waals surface area contributed by atoms with E-state index in [1.807, 2.05) is 43.3 Å². The van der Waals surface area contributed by atoms with Gasteiger partial charge in [-0.05, 0) is 31.2 Å². The van der Waals surface area contributed by atoms with Gasteiger partial charge in [0, 0.05) is 30.7 Å². The first-order valence-electron chi connectivity index (χ1n) is 8.57. The molecule has 3 aromatic rings. The fourth-order valence-corrected chi connectivity index (χ4v) is 3.07. The number of hydrogen-bond donors (Lipinski definition) is 2. The molecule has 0 radical (unpaired) electrons. The molecule has 8 nitrogen and oxygen atoms in total. The summed E-state index contributed by atoms with van der Waals surface area (Å²) >= 11 is 1.21. The van der Waals surface area contributed by atoms with E-state index >= 15 is 0 Å². The number of hydrogen-bond acceptors (Lipinski definition) is 6. The van der Waals surface area contributed by atoms with Gasteiger partial charge in [-0.2, -0.15) is 0 Å². The monoisotopic (exact) mass is 396 g/mol. The Morgan fingerprint density at radius 3 is 2.57 bits per heavy atom. The number of carbonyl (C=O) groups is 2. The number of carbonyl (C=O) groups excluding carboxylic acids is 2. The highest BCUT2D eigenvalue weighted by molar-refractivity contribution is 7.99. The predicted molar refractivity (Wildman–Crippen MR) is 108 cm³/mol. The molecule has 2 amide bonds. The van der Waals surface area contributed by atoms with Crippen molar-refractivity contribution in [3.05, 3.63) is 54.4 Å². The summed E-state index contributed by atoms with van der Waals surface area (Å²) in [6, 6.07) is 11.1. The first kappa shape index (κ1) is 19.6. The number of nitrogens with zero attached hydrogens (tertiary/aromatic N) is 4. The van der Waals surface area contributed by atoms with Crippen LogP contribution in [-0.4, -0.2) is 56.2 Å². The van der Waals surface area contributed by atoms with E-state index in [1.165, 1.54) is 16.7 Å². The number of amides is 2. The van der Waals surface area contributed by atoms with Crippen molar-refractivity contribution >= 4 is 29.3 Å². The molecule has 2 aromatic heterocycles. The van der Waals surface area contributed by atoms with E-state index in [1.54, 1.807) is 19.4 Å². The number of rotatable bonds is 7. The standard InChI is InChI=1S/C19H20N6O2S/c1-13-3-5-15(6-4-13)21-16(26)11-25(2)17(27)12-28-19-22-18(23-24-19)14-7-9-20-10-8-14/h3-10H,11-12H2,1-2H3,(H,21,26)(H,22,23,24).